The Morgan fingerprint density at radius 3 is 2.32 bits per heavy atom. The molecule has 0 aliphatic carbocycles. The average molecular weight is 541 g/mol. The summed E-state index contributed by atoms with van der Waals surface area (Å²) in [6, 6.07) is 14.5. The normalized spacial score (nSPS) is 11.0. The standard InChI is InChI=1S/C24H35N3O3.HI/c1-5-12-29-18-22-9-7-6-8-20(22)16-26-24(25-3)27-17-21-11-10-19(2)15-23(21)30-14-13-28-4;/h6-11,15H,5,12-14,16-18H2,1-4H3,(H2,25,26,27);1H. The fourth-order valence-electron chi connectivity index (χ4n) is 2.95. The van der Waals surface area contributed by atoms with Crippen LogP contribution < -0.4 is 15.4 Å². The minimum absolute atomic E-state index is 0. The van der Waals surface area contributed by atoms with Crippen LogP contribution in [-0.4, -0.2) is 39.9 Å². The van der Waals surface area contributed by atoms with Gasteiger partial charge in [-0.25, -0.2) is 0 Å². The van der Waals surface area contributed by atoms with E-state index in [9.17, 15) is 0 Å². The molecule has 0 amide bonds. The van der Waals surface area contributed by atoms with Crippen molar-refractivity contribution in [1.82, 2.24) is 10.6 Å². The first-order valence-electron chi connectivity index (χ1n) is 10.5. The van der Waals surface area contributed by atoms with E-state index < -0.39 is 0 Å². The lowest BCUT2D eigenvalue weighted by molar-refractivity contribution is 0.121. The van der Waals surface area contributed by atoms with E-state index in [0.29, 0.717) is 32.9 Å². The van der Waals surface area contributed by atoms with Crippen LogP contribution in [0.25, 0.3) is 0 Å². The summed E-state index contributed by atoms with van der Waals surface area (Å²) in [7, 11) is 3.45. The van der Waals surface area contributed by atoms with Crippen LogP contribution in [0, 0.1) is 6.92 Å². The molecule has 0 saturated carbocycles. The van der Waals surface area contributed by atoms with Gasteiger partial charge in [-0.2, -0.15) is 0 Å². The molecule has 0 fully saturated rings. The summed E-state index contributed by atoms with van der Waals surface area (Å²) in [4.78, 5) is 4.35. The van der Waals surface area contributed by atoms with E-state index in [4.69, 9.17) is 14.2 Å². The first kappa shape index (κ1) is 27.2. The number of aryl methyl sites for hydroxylation is 1. The largest absolute Gasteiger partial charge is 0.491 e. The molecule has 172 valence electrons. The second-order valence-corrected chi connectivity index (χ2v) is 7.05. The summed E-state index contributed by atoms with van der Waals surface area (Å²) >= 11 is 0. The fourth-order valence-corrected chi connectivity index (χ4v) is 2.95. The highest BCUT2D eigenvalue weighted by Crippen LogP contribution is 2.20. The Hall–Kier alpha value is -1.84. The van der Waals surface area contributed by atoms with Gasteiger partial charge < -0.3 is 24.8 Å². The highest BCUT2D eigenvalue weighted by Gasteiger charge is 2.07. The van der Waals surface area contributed by atoms with Crippen molar-refractivity contribution in [2.24, 2.45) is 4.99 Å². The molecule has 7 heteroatoms. The van der Waals surface area contributed by atoms with E-state index in [2.05, 4.69) is 59.8 Å². The Morgan fingerprint density at radius 2 is 1.65 bits per heavy atom. The Bertz CT molecular complexity index is 799. The quantitative estimate of drug-likeness (QED) is 0.180. The minimum Gasteiger partial charge on any atom is -0.491 e. The van der Waals surface area contributed by atoms with Gasteiger partial charge in [-0.15, -0.1) is 24.0 Å². The molecule has 2 aromatic rings. The van der Waals surface area contributed by atoms with Crippen LogP contribution in [0.3, 0.4) is 0 Å². The van der Waals surface area contributed by atoms with Crippen molar-refractivity contribution in [2.45, 2.75) is 40.0 Å². The monoisotopic (exact) mass is 541 g/mol. The topological polar surface area (TPSA) is 64.1 Å². The minimum atomic E-state index is 0. The second kappa shape index (κ2) is 15.9. The maximum atomic E-state index is 5.88. The number of aliphatic imine (C=N–C) groups is 1. The average Bonchev–Trinajstić information content (AvgIpc) is 2.76. The van der Waals surface area contributed by atoms with Crippen molar-refractivity contribution in [1.29, 1.82) is 0 Å². The number of hydrogen-bond acceptors (Lipinski definition) is 4. The van der Waals surface area contributed by atoms with Gasteiger partial charge in [0.2, 0.25) is 0 Å². The van der Waals surface area contributed by atoms with Gasteiger partial charge in [-0.05, 0) is 36.1 Å². The molecular weight excluding hydrogens is 505 g/mol. The Kier molecular flexibility index (Phi) is 13.9. The van der Waals surface area contributed by atoms with Crippen LogP contribution in [-0.2, 0) is 29.2 Å². The summed E-state index contributed by atoms with van der Waals surface area (Å²) in [6.07, 6.45) is 1.02. The smallest absolute Gasteiger partial charge is 0.191 e. The highest BCUT2D eigenvalue weighted by atomic mass is 127. The van der Waals surface area contributed by atoms with Gasteiger partial charge in [0.1, 0.15) is 12.4 Å². The molecule has 0 aliphatic rings. The maximum absolute atomic E-state index is 5.88. The van der Waals surface area contributed by atoms with Gasteiger partial charge in [-0.3, -0.25) is 4.99 Å². The fraction of sp³-hybridized carbons (Fsp3) is 0.458. The van der Waals surface area contributed by atoms with E-state index in [1.54, 1.807) is 14.2 Å². The van der Waals surface area contributed by atoms with Gasteiger partial charge in [0.15, 0.2) is 5.96 Å². The van der Waals surface area contributed by atoms with Crippen molar-refractivity contribution in [3.05, 3.63) is 64.7 Å². The summed E-state index contributed by atoms with van der Waals surface area (Å²) < 4.78 is 16.7. The molecule has 0 unspecified atom stereocenters. The van der Waals surface area contributed by atoms with Crippen molar-refractivity contribution >= 4 is 29.9 Å². The SMILES string of the molecule is CCCOCc1ccccc1CNC(=NC)NCc1ccc(C)cc1OCCOC.I. The maximum Gasteiger partial charge on any atom is 0.191 e. The zero-order chi connectivity index (χ0) is 21.6. The summed E-state index contributed by atoms with van der Waals surface area (Å²) in [5.41, 5.74) is 4.64. The van der Waals surface area contributed by atoms with E-state index in [-0.39, 0.29) is 24.0 Å². The molecule has 0 heterocycles. The Labute approximate surface area is 203 Å². The molecule has 0 bridgehead atoms. The van der Waals surface area contributed by atoms with Crippen molar-refractivity contribution < 1.29 is 14.2 Å². The van der Waals surface area contributed by atoms with E-state index in [0.717, 1.165) is 35.9 Å². The Morgan fingerprint density at radius 1 is 0.935 bits per heavy atom. The molecule has 2 rings (SSSR count). The first-order chi connectivity index (χ1) is 14.7. The van der Waals surface area contributed by atoms with Gasteiger partial charge in [0.05, 0.1) is 13.2 Å². The van der Waals surface area contributed by atoms with Crippen LogP contribution in [0.1, 0.15) is 35.6 Å². The van der Waals surface area contributed by atoms with E-state index in [1.165, 1.54) is 11.1 Å². The number of guanidine groups is 1. The van der Waals surface area contributed by atoms with Gasteiger partial charge in [0.25, 0.3) is 0 Å². The molecule has 0 spiro atoms. The third-order valence-corrected chi connectivity index (χ3v) is 4.61. The number of rotatable bonds is 12. The number of nitrogens with zero attached hydrogens (tertiary/aromatic N) is 1. The summed E-state index contributed by atoms with van der Waals surface area (Å²) in [5.74, 6) is 1.61. The summed E-state index contributed by atoms with van der Waals surface area (Å²) in [5, 5.41) is 6.77. The van der Waals surface area contributed by atoms with Crippen molar-refractivity contribution in [2.75, 3.05) is 34.0 Å². The molecule has 2 N–H and O–H groups in total. The molecule has 0 aliphatic heterocycles. The molecule has 2 aromatic carbocycles. The summed E-state index contributed by atoms with van der Waals surface area (Å²) in [6.45, 7) is 7.95. The first-order valence-corrected chi connectivity index (χ1v) is 10.5. The van der Waals surface area contributed by atoms with Crippen LogP contribution in [0.5, 0.6) is 5.75 Å². The highest BCUT2D eigenvalue weighted by molar-refractivity contribution is 14.0. The third kappa shape index (κ3) is 9.88. The van der Waals surface area contributed by atoms with Crippen LogP contribution in [0.4, 0.5) is 0 Å². The number of methoxy groups -OCH3 is 1. The Balaban J connectivity index is 0.00000480. The predicted molar refractivity (Wildman–Crippen MR) is 137 cm³/mol. The van der Waals surface area contributed by atoms with E-state index in [1.807, 2.05) is 12.1 Å². The van der Waals surface area contributed by atoms with Crippen LogP contribution in [0.15, 0.2) is 47.5 Å². The van der Waals surface area contributed by atoms with Crippen molar-refractivity contribution in [3.8, 4) is 5.75 Å². The number of benzene rings is 2. The molecule has 0 aromatic heterocycles. The number of hydrogen-bond donors (Lipinski definition) is 2. The molecule has 0 saturated heterocycles. The lowest BCUT2D eigenvalue weighted by Gasteiger charge is -2.16. The third-order valence-electron chi connectivity index (χ3n) is 4.61. The number of nitrogens with one attached hydrogen (secondary N) is 2. The van der Waals surface area contributed by atoms with Gasteiger partial charge >= 0.3 is 0 Å². The molecule has 0 radical (unpaired) electrons. The zero-order valence-electron chi connectivity index (χ0n) is 19.1. The van der Waals surface area contributed by atoms with E-state index >= 15 is 0 Å². The lowest BCUT2D eigenvalue weighted by Crippen LogP contribution is -2.36. The number of halogens is 1. The lowest BCUT2D eigenvalue weighted by atomic mass is 10.1. The predicted octanol–water partition coefficient (Wildman–Crippen LogP) is 4.43. The second-order valence-electron chi connectivity index (χ2n) is 7.05. The molecule has 6 nitrogen and oxygen atoms in total. The van der Waals surface area contributed by atoms with Crippen LogP contribution in [0.2, 0.25) is 0 Å². The van der Waals surface area contributed by atoms with Crippen molar-refractivity contribution in [3.63, 3.8) is 0 Å². The van der Waals surface area contributed by atoms with Crippen LogP contribution >= 0.6 is 24.0 Å². The van der Waals surface area contributed by atoms with Gasteiger partial charge in [0, 0.05) is 39.4 Å². The zero-order valence-corrected chi connectivity index (χ0v) is 21.4. The molecule has 31 heavy (non-hydrogen) atoms. The number of ether oxygens (including phenoxy) is 3. The van der Waals surface area contributed by atoms with Gasteiger partial charge in [-0.1, -0.05) is 43.3 Å². The molecular formula is C24H36IN3O3. The molecule has 0 atom stereocenters.